The fourth-order valence-electron chi connectivity index (χ4n) is 3.76. The van der Waals surface area contributed by atoms with Crippen molar-refractivity contribution >= 4 is 11.3 Å². The van der Waals surface area contributed by atoms with Crippen molar-refractivity contribution in [3.8, 4) is 17.4 Å². The molecule has 2 aromatic carbocycles. The van der Waals surface area contributed by atoms with E-state index in [4.69, 9.17) is 4.74 Å². The van der Waals surface area contributed by atoms with Gasteiger partial charge in [-0.25, -0.2) is 8.78 Å². The minimum atomic E-state index is -4.75. The number of aryl methyl sites for hydroxylation is 1. The number of fused-ring (bicyclic) bond motifs is 1. The van der Waals surface area contributed by atoms with Crippen LogP contribution in [0.15, 0.2) is 41.2 Å². The number of halogens is 5. The SMILES string of the molecule is CC(F)(F)c1cc(C(F)(F)F)ccc1Oc1ccc2c(c1)CC[C@H]2c1sc(=O)[nH]c1O. The predicted octanol–water partition coefficient (Wildman–Crippen LogP) is 6.14. The smallest absolute Gasteiger partial charge is 0.416 e. The van der Waals surface area contributed by atoms with E-state index in [9.17, 15) is 31.9 Å². The Morgan fingerprint density at radius 1 is 1.13 bits per heavy atom. The van der Waals surface area contributed by atoms with Gasteiger partial charge in [0.25, 0.3) is 5.92 Å². The maximum absolute atomic E-state index is 14.0. The fourth-order valence-corrected chi connectivity index (χ4v) is 4.65. The first-order valence-corrected chi connectivity index (χ1v) is 10.1. The second-order valence-corrected chi connectivity index (χ2v) is 8.39. The predicted molar refractivity (Wildman–Crippen MR) is 104 cm³/mol. The van der Waals surface area contributed by atoms with E-state index in [0.29, 0.717) is 36.8 Å². The molecular formula is C21H16F5NO3S. The van der Waals surface area contributed by atoms with Crippen molar-refractivity contribution in [2.45, 2.75) is 37.8 Å². The van der Waals surface area contributed by atoms with Crippen LogP contribution < -0.4 is 9.61 Å². The first kappa shape index (κ1) is 21.4. The molecule has 2 N–H and O–H groups in total. The summed E-state index contributed by atoms with van der Waals surface area (Å²) in [6.45, 7) is 0.511. The first-order valence-electron chi connectivity index (χ1n) is 9.25. The van der Waals surface area contributed by atoms with Crippen LogP contribution in [0.3, 0.4) is 0 Å². The van der Waals surface area contributed by atoms with Crippen LogP contribution >= 0.6 is 11.3 Å². The molecule has 10 heteroatoms. The van der Waals surface area contributed by atoms with Gasteiger partial charge in [0.05, 0.1) is 16.0 Å². The van der Waals surface area contributed by atoms with Crippen molar-refractivity contribution in [2.24, 2.45) is 0 Å². The molecule has 1 atom stereocenters. The molecule has 1 aliphatic rings. The zero-order chi connectivity index (χ0) is 22.6. The van der Waals surface area contributed by atoms with Crippen LogP contribution in [0.4, 0.5) is 22.0 Å². The third-order valence-corrected chi connectivity index (χ3v) is 6.16. The lowest BCUT2D eigenvalue weighted by atomic mass is 10.00. The van der Waals surface area contributed by atoms with Gasteiger partial charge in [-0.2, -0.15) is 13.2 Å². The molecule has 4 nitrogen and oxygen atoms in total. The third kappa shape index (κ3) is 4.16. The zero-order valence-corrected chi connectivity index (χ0v) is 16.8. The molecule has 0 bridgehead atoms. The summed E-state index contributed by atoms with van der Waals surface area (Å²) >= 11 is 0.922. The van der Waals surface area contributed by atoms with Crippen molar-refractivity contribution in [1.29, 1.82) is 0 Å². The van der Waals surface area contributed by atoms with E-state index in [0.717, 1.165) is 28.5 Å². The molecule has 0 saturated heterocycles. The number of aromatic amines is 1. The van der Waals surface area contributed by atoms with Crippen molar-refractivity contribution < 1.29 is 31.8 Å². The number of hydrogen-bond donors (Lipinski definition) is 2. The summed E-state index contributed by atoms with van der Waals surface area (Å²) in [6, 6.07) is 6.86. The highest BCUT2D eigenvalue weighted by Crippen LogP contribution is 2.45. The number of rotatable bonds is 4. The van der Waals surface area contributed by atoms with E-state index in [1.54, 1.807) is 12.1 Å². The summed E-state index contributed by atoms with van der Waals surface area (Å²) in [6.07, 6.45) is -3.51. The van der Waals surface area contributed by atoms with E-state index in [-0.39, 0.29) is 28.2 Å². The van der Waals surface area contributed by atoms with Gasteiger partial charge in [-0.15, -0.1) is 0 Å². The van der Waals surface area contributed by atoms with Gasteiger partial charge >= 0.3 is 11.0 Å². The Hall–Kier alpha value is -2.88. The molecular weight excluding hydrogens is 441 g/mol. The van der Waals surface area contributed by atoms with Crippen LogP contribution in [-0.4, -0.2) is 10.1 Å². The number of aromatic nitrogens is 1. The minimum absolute atomic E-state index is 0.173. The number of nitrogens with one attached hydrogen (secondary N) is 1. The Labute approximate surface area is 176 Å². The number of thiazole rings is 1. The van der Waals surface area contributed by atoms with Crippen molar-refractivity contribution in [3.63, 3.8) is 0 Å². The number of aromatic hydroxyl groups is 1. The topological polar surface area (TPSA) is 62.3 Å². The highest BCUT2D eigenvalue weighted by atomic mass is 32.1. The van der Waals surface area contributed by atoms with E-state index >= 15 is 0 Å². The Kier molecular flexibility index (Phi) is 5.07. The lowest BCUT2D eigenvalue weighted by molar-refractivity contribution is -0.137. The summed E-state index contributed by atoms with van der Waals surface area (Å²) in [5, 5.41) is 9.93. The van der Waals surface area contributed by atoms with Crippen molar-refractivity contribution in [2.75, 3.05) is 0 Å². The number of benzene rings is 2. The summed E-state index contributed by atoms with van der Waals surface area (Å²) < 4.78 is 72.4. The summed E-state index contributed by atoms with van der Waals surface area (Å²) in [4.78, 5) is 14.0. The molecule has 0 saturated carbocycles. The first-order chi connectivity index (χ1) is 14.4. The van der Waals surface area contributed by atoms with Gasteiger partial charge in [-0.05, 0) is 54.3 Å². The number of H-pyrrole nitrogens is 1. The highest BCUT2D eigenvalue weighted by molar-refractivity contribution is 7.09. The molecule has 0 radical (unpaired) electrons. The molecule has 1 aromatic heterocycles. The Morgan fingerprint density at radius 3 is 2.48 bits per heavy atom. The highest BCUT2D eigenvalue weighted by Gasteiger charge is 2.36. The van der Waals surface area contributed by atoms with Crippen LogP contribution in [0, 0.1) is 0 Å². The van der Waals surface area contributed by atoms with Crippen molar-refractivity contribution in [3.05, 3.63) is 73.2 Å². The molecule has 1 aliphatic carbocycles. The average molecular weight is 457 g/mol. The Morgan fingerprint density at radius 2 is 1.87 bits per heavy atom. The average Bonchev–Trinajstić information content (AvgIpc) is 3.22. The third-order valence-electron chi connectivity index (χ3n) is 5.17. The maximum atomic E-state index is 14.0. The van der Waals surface area contributed by atoms with Crippen molar-refractivity contribution in [1.82, 2.24) is 4.98 Å². The van der Waals surface area contributed by atoms with Crippen LogP contribution in [0.2, 0.25) is 0 Å². The van der Waals surface area contributed by atoms with Gasteiger partial charge in [-0.3, -0.25) is 9.78 Å². The molecule has 0 amide bonds. The van der Waals surface area contributed by atoms with E-state index in [1.807, 2.05) is 0 Å². The fraction of sp³-hybridized carbons (Fsp3) is 0.286. The van der Waals surface area contributed by atoms with E-state index < -0.39 is 23.2 Å². The Balaban J connectivity index is 1.66. The second kappa shape index (κ2) is 7.37. The molecule has 0 aliphatic heterocycles. The molecule has 4 rings (SSSR count). The molecule has 0 spiro atoms. The van der Waals surface area contributed by atoms with E-state index in [2.05, 4.69) is 4.98 Å². The van der Waals surface area contributed by atoms with Gasteiger partial charge in [0.2, 0.25) is 5.88 Å². The zero-order valence-electron chi connectivity index (χ0n) is 16.0. The maximum Gasteiger partial charge on any atom is 0.416 e. The quantitative estimate of drug-likeness (QED) is 0.463. The lowest BCUT2D eigenvalue weighted by Gasteiger charge is -2.19. The molecule has 0 unspecified atom stereocenters. The number of alkyl halides is 5. The lowest BCUT2D eigenvalue weighted by Crippen LogP contribution is -2.13. The van der Waals surface area contributed by atoms with Gasteiger partial charge in [-0.1, -0.05) is 17.4 Å². The second-order valence-electron chi connectivity index (χ2n) is 7.38. The monoisotopic (exact) mass is 457 g/mol. The van der Waals surface area contributed by atoms with Gasteiger partial charge in [0.15, 0.2) is 0 Å². The largest absolute Gasteiger partial charge is 0.494 e. The molecule has 164 valence electrons. The summed E-state index contributed by atoms with van der Waals surface area (Å²) in [5.74, 6) is -4.06. The Bertz CT molecular complexity index is 1190. The van der Waals surface area contributed by atoms with Crippen LogP contribution in [0.5, 0.6) is 17.4 Å². The standard InChI is InChI=1S/C21H16F5NO3S/c1-20(22,23)15-9-11(21(24,25)26)3-7-16(15)30-12-4-6-13-10(8-12)2-5-14(13)17-18(28)27-19(29)31-17/h3-4,6-9,14,28H,2,5H2,1H3,(H,27,29)/t14-/m1/s1. The molecule has 31 heavy (non-hydrogen) atoms. The van der Waals surface area contributed by atoms with Gasteiger partial charge in [0.1, 0.15) is 11.5 Å². The molecule has 0 fully saturated rings. The van der Waals surface area contributed by atoms with E-state index in [1.165, 1.54) is 6.07 Å². The van der Waals surface area contributed by atoms with Crippen LogP contribution in [0.1, 0.15) is 46.4 Å². The normalized spacial score (nSPS) is 16.4. The number of hydrogen-bond acceptors (Lipinski definition) is 4. The van der Waals surface area contributed by atoms with Gasteiger partial charge < -0.3 is 9.84 Å². The van der Waals surface area contributed by atoms with Crippen LogP contribution in [0.25, 0.3) is 0 Å². The summed E-state index contributed by atoms with van der Waals surface area (Å²) in [5.41, 5.74) is -0.327. The number of ether oxygens (including phenoxy) is 1. The van der Waals surface area contributed by atoms with Gasteiger partial charge in [0, 0.05) is 12.8 Å². The molecule has 3 aromatic rings. The van der Waals surface area contributed by atoms with Crippen LogP contribution in [-0.2, 0) is 18.5 Å². The summed E-state index contributed by atoms with van der Waals surface area (Å²) in [7, 11) is 0. The molecule has 1 heterocycles. The minimum Gasteiger partial charge on any atom is -0.494 e.